The largest absolute Gasteiger partial charge is 0.384 e. The Morgan fingerprint density at radius 2 is 1.55 bits per heavy atom. The van der Waals surface area contributed by atoms with E-state index in [0.717, 1.165) is 22.0 Å². The molecule has 0 fully saturated rings. The fourth-order valence-corrected chi connectivity index (χ4v) is 3.62. The van der Waals surface area contributed by atoms with E-state index in [0.29, 0.717) is 0 Å². The topological polar surface area (TPSA) is 20.2 Å². The first kappa shape index (κ1) is 13.7. The second-order valence-electron chi connectivity index (χ2n) is 5.71. The molecular formula is C20H15BrO. The predicted octanol–water partition coefficient (Wildman–Crippen LogP) is 5.10. The van der Waals surface area contributed by atoms with Crippen molar-refractivity contribution in [2.45, 2.75) is 12.5 Å². The van der Waals surface area contributed by atoms with Gasteiger partial charge in [0.15, 0.2) is 0 Å². The van der Waals surface area contributed by atoms with E-state index in [-0.39, 0.29) is 0 Å². The summed E-state index contributed by atoms with van der Waals surface area (Å²) in [6, 6.07) is 22.7. The molecule has 0 saturated carbocycles. The number of hydrogen-bond donors (Lipinski definition) is 1. The van der Waals surface area contributed by atoms with Gasteiger partial charge in [0.25, 0.3) is 0 Å². The highest BCUT2D eigenvalue weighted by Crippen LogP contribution is 2.38. The second-order valence-corrected chi connectivity index (χ2v) is 6.62. The van der Waals surface area contributed by atoms with Gasteiger partial charge < -0.3 is 5.11 Å². The molecule has 108 valence electrons. The summed E-state index contributed by atoms with van der Waals surface area (Å²) < 4.78 is 0.984. The summed E-state index contributed by atoms with van der Waals surface area (Å²) in [6.07, 6.45) is 0.358. The average Bonchev–Trinajstić information content (AvgIpc) is 2.91. The molecule has 0 heterocycles. The van der Waals surface area contributed by atoms with E-state index in [1.165, 1.54) is 22.3 Å². The Bertz CT molecular complexity index is 854. The van der Waals surface area contributed by atoms with Crippen LogP contribution in [0.5, 0.6) is 0 Å². The molecule has 0 aliphatic heterocycles. The summed E-state index contributed by atoms with van der Waals surface area (Å²) in [7, 11) is 0. The molecule has 4 rings (SSSR count). The van der Waals surface area contributed by atoms with Crippen LogP contribution < -0.4 is 0 Å². The lowest BCUT2D eigenvalue weighted by atomic mass is 9.97. The smallest absolute Gasteiger partial charge is 0.104 e. The standard InChI is InChI=1S/C20H15BrO/c21-17-6-3-5-14(12-17)20(22)15-8-9-19-16(11-15)10-13-4-1-2-7-18(13)19/h1-9,11-12,20,22H,10H2. The number of benzene rings is 3. The highest BCUT2D eigenvalue weighted by molar-refractivity contribution is 9.10. The number of fused-ring (bicyclic) bond motifs is 3. The zero-order valence-electron chi connectivity index (χ0n) is 12.0. The first-order valence-electron chi connectivity index (χ1n) is 7.37. The van der Waals surface area contributed by atoms with Gasteiger partial charge in [-0.25, -0.2) is 0 Å². The van der Waals surface area contributed by atoms with Crippen LogP contribution in [0.3, 0.4) is 0 Å². The van der Waals surface area contributed by atoms with Crippen molar-refractivity contribution in [3.63, 3.8) is 0 Å². The Balaban J connectivity index is 1.73. The third-order valence-electron chi connectivity index (χ3n) is 4.30. The molecule has 1 aliphatic carbocycles. The summed E-state index contributed by atoms with van der Waals surface area (Å²) in [6.45, 7) is 0. The zero-order valence-corrected chi connectivity index (χ0v) is 13.5. The van der Waals surface area contributed by atoms with Crippen LogP contribution in [0.1, 0.15) is 28.4 Å². The lowest BCUT2D eigenvalue weighted by Gasteiger charge is -2.13. The van der Waals surface area contributed by atoms with E-state index in [9.17, 15) is 5.11 Å². The van der Waals surface area contributed by atoms with Crippen LogP contribution in [0.2, 0.25) is 0 Å². The lowest BCUT2D eigenvalue weighted by molar-refractivity contribution is 0.220. The lowest BCUT2D eigenvalue weighted by Crippen LogP contribution is -2.00. The van der Waals surface area contributed by atoms with Crippen LogP contribution in [-0.4, -0.2) is 5.11 Å². The minimum Gasteiger partial charge on any atom is -0.384 e. The molecular weight excluding hydrogens is 336 g/mol. The zero-order chi connectivity index (χ0) is 15.1. The van der Waals surface area contributed by atoms with E-state index < -0.39 is 6.10 Å². The van der Waals surface area contributed by atoms with Crippen molar-refractivity contribution in [2.24, 2.45) is 0 Å². The van der Waals surface area contributed by atoms with Crippen molar-refractivity contribution < 1.29 is 5.11 Å². The van der Waals surface area contributed by atoms with Gasteiger partial charge in [0, 0.05) is 4.47 Å². The Morgan fingerprint density at radius 1 is 0.773 bits per heavy atom. The third kappa shape index (κ3) is 2.29. The minimum atomic E-state index is -0.591. The molecule has 0 radical (unpaired) electrons. The summed E-state index contributed by atoms with van der Waals surface area (Å²) in [5, 5.41) is 10.6. The van der Waals surface area contributed by atoms with Gasteiger partial charge in [0.05, 0.1) is 0 Å². The molecule has 3 aromatic rings. The number of hydrogen-bond acceptors (Lipinski definition) is 1. The molecule has 2 heteroatoms. The van der Waals surface area contributed by atoms with Gasteiger partial charge in [-0.1, -0.05) is 70.5 Å². The molecule has 1 nitrogen and oxygen atoms in total. The Labute approximate surface area is 138 Å². The number of aliphatic hydroxyl groups is 1. The van der Waals surface area contributed by atoms with Gasteiger partial charge in [0.1, 0.15) is 6.10 Å². The second kappa shape index (κ2) is 5.38. The van der Waals surface area contributed by atoms with Crippen molar-refractivity contribution in [3.05, 3.63) is 93.5 Å². The van der Waals surface area contributed by atoms with E-state index in [1.54, 1.807) is 0 Å². The fraction of sp³-hybridized carbons (Fsp3) is 0.100. The van der Waals surface area contributed by atoms with Crippen molar-refractivity contribution >= 4 is 15.9 Å². The third-order valence-corrected chi connectivity index (χ3v) is 4.79. The molecule has 0 bridgehead atoms. The van der Waals surface area contributed by atoms with Crippen molar-refractivity contribution in [3.8, 4) is 11.1 Å². The van der Waals surface area contributed by atoms with Crippen molar-refractivity contribution in [1.29, 1.82) is 0 Å². The molecule has 3 aromatic carbocycles. The van der Waals surface area contributed by atoms with Gasteiger partial charge >= 0.3 is 0 Å². The Hall–Kier alpha value is -1.90. The van der Waals surface area contributed by atoms with E-state index >= 15 is 0 Å². The van der Waals surface area contributed by atoms with Crippen LogP contribution in [0, 0.1) is 0 Å². The normalized spacial score (nSPS) is 13.5. The minimum absolute atomic E-state index is 0.591. The maximum Gasteiger partial charge on any atom is 0.104 e. The first-order valence-corrected chi connectivity index (χ1v) is 8.16. The van der Waals surface area contributed by atoms with Crippen LogP contribution >= 0.6 is 15.9 Å². The Morgan fingerprint density at radius 3 is 2.41 bits per heavy atom. The van der Waals surface area contributed by atoms with Crippen LogP contribution in [0.25, 0.3) is 11.1 Å². The summed E-state index contributed by atoms with van der Waals surface area (Å²) >= 11 is 3.46. The van der Waals surface area contributed by atoms with Gasteiger partial charge in [-0.15, -0.1) is 0 Å². The van der Waals surface area contributed by atoms with Crippen molar-refractivity contribution in [2.75, 3.05) is 0 Å². The van der Waals surface area contributed by atoms with E-state index in [2.05, 4.69) is 52.3 Å². The molecule has 0 aromatic heterocycles. The molecule has 22 heavy (non-hydrogen) atoms. The number of aliphatic hydroxyl groups excluding tert-OH is 1. The highest BCUT2D eigenvalue weighted by atomic mass is 79.9. The first-order chi connectivity index (χ1) is 10.7. The average molecular weight is 351 g/mol. The maximum absolute atomic E-state index is 10.6. The molecule has 1 N–H and O–H groups in total. The van der Waals surface area contributed by atoms with Crippen molar-refractivity contribution in [1.82, 2.24) is 0 Å². The highest BCUT2D eigenvalue weighted by Gasteiger charge is 2.20. The SMILES string of the molecule is OC(c1cccc(Br)c1)c1ccc2c(c1)Cc1ccccc1-2. The monoisotopic (exact) mass is 350 g/mol. The van der Waals surface area contributed by atoms with Gasteiger partial charge in [0.2, 0.25) is 0 Å². The van der Waals surface area contributed by atoms with E-state index in [1.807, 2.05) is 30.3 Å². The predicted molar refractivity (Wildman–Crippen MR) is 92.9 cm³/mol. The molecule has 0 amide bonds. The molecule has 1 aliphatic rings. The molecule has 1 unspecified atom stereocenters. The number of halogens is 1. The summed E-state index contributed by atoms with van der Waals surface area (Å²) in [5.41, 5.74) is 7.13. The summed E-state index contributed by atoms with van der Waals surface area (Å²) in [4.78, 5) is 0. The van der Waals surface area contributed by atoms with Crippen LogP contribution in [0.15, 0.2) is 71.2 Å². The summed E-state index contributed by atoms with van der Waals surface area (Å²) in [5.74, 6) is 0. The van der Waals surface area contributed by atoms with Crippen LogP contribution in [-0.2, 0) is 6.42 Å². The van der Waals surface area contributed by atoms with Gasteiger partial charge in [-0.3, -0.25) is 0 Å². The maximum atomic E-state index is 10.6. The molecule has 1 atom stereocenters. The number of rotatable bonds is 2. The quantitative estimate of drug-likeness (QED) is 0.533. The van der Waals surface area contributed by atoms with Crippen LogP contribution in [0.4, 0.5) is 0 Å². The van der Waals surface area contributed by atoms with E-state index in [4.69, 9.17) is 0 Å². The van der Waals surface area contributed by atoms with Gasteiger partial charge in [-0.2, -0.15) is 0 Å². The molecule has 0 saturated heterocycles. The fourth-order valence-electron chi connectivity index (χ4n) is 3.20. The van der Waals surface area contributed by atoms with Gasteiger partial charge in [-0.05, 0) is 51.9 Å². The molecule has 0 spiro atoms. The Kier molecular flexibility index (Phi) is 3.36.